The van der Waals surface area contributed by atoms with E-state index in [4.69, 9.17) is 14.0 Å². The Hall–Kier alpha value is -2.69. The third-order valence-electron chi connectivity index (χ3n) is 6.46. The molecule has 0 spiro atoms. The first-order valence-electron chi connectivity index (χ1n) is 13.7. The maximum Gasteiger partial charge on any atom is 0.419 e. The summed E-state index contributed by atoms with van der Waals surface area (Å²) in [4.78, 5) is 40.9. The molecule has 2 N–H and O–H groups in total. The molecule has 13 heteroatoms. The Kier molecular flexibility index (Phi) is 11.4. The van der Waals surface area contributed by atoms with Gasteiger partial charge in [0.15, 0.2) is 5.16 Å². The highest BCUT2D eigenvalue weighted by Gasteiger charge is 2.58. The van der Waals surface area contributed by atoms with Gasteiger partial charge in [-0.25, -0.2) is 18.9 Å². The number of halogens is 1. The first kappa shape index (κ1) is 34.5. The lowest BCUT2D eigenvalue weighted by molar-refractivity contribution is -0.141. The molecule has 0 radical (unpaired) electrons. The number of unbranched alkanes of at least 4 members (excludes halogenated alkanes) is 1. The van der Waals surface area contributed by atoms with Crippen LogP contribution in [0.2, 0.25) is 0 Å². The van der Waals surface area contributed by atoms with Gasteiger partial charge in [0.2, 0.25) is 7.37 Å². The Balaban J connectivity index is 2.25. The van der Waals surface area contributed by atoms with Crippen molar-refractivity contribution in [2.45, 2.75) is 90.6 Å². The van der Waals surface area contributed by atoms with Crippen LogP contribution in [0.1, 0.15) is 73.3 Å². The van der Waals surface area contributed by atoms with E-state index in [0.717, 1.165) is 11.0 Å². The fraction of sp³-hybridized carbons (Fsp3) is 0.679. The van der Waals surface area contributed by atoms with Crippen molar-refractivity contribution in [2.24, 2.45) is 0 Å². The highest BCUT2D eigenvalue weighted by molar-refractivity contribution is 7.62. The molecule has 2 rings (SSSR count). The van der Waals surface area contributed by atoms with E-state index in [9.17, 15) is 33.6 Å². The molecule has 1 aliphatic rings. The lowest BCUT2D eigenvalue weighted by Crippen LogP contribution is -2.54. The summed E-state index contributed by atoms with van der Waals surface area (Å²) in [6.45, 7) is 11.7. The molecule has 1 aromatic carbocycles. The standard InChI is InChI=1S/C28H44FN2O9P/c1-8-38-41(37)16-15-30(18-20-11-12-21(32)17-22(20)29)19-28(41,23(33)34)13-9-10-14-31(24(35)39-26(2,3)4)25(36)40-27(5,6)7/h11-12,17,32H,8-10,13-16,18-19H2,1-7H3,(H,33,34). The average Bonchev–Trinajstić information content (AvgIpc) is 2.80. The molecule has 11 nitrogen and oxygen atoms in total. The topological polar surface area (TPSA) is 143 Å². The van der Waals surface area contributed by atoms with Crippen LogP contribution in [0, 0.1) is 5.82 Å². The van der Waals surface area contributed by atoms with Crippen molar-refractivity contribution in [1.82, 2.24) is 9.80 Å². The Morgan fingerprint density at radius 1 is 1.07 bits per heavy atom. The van der Waals surface area contributed by atoms with Crippen LogP contribution < -0.4 is 0 Å². The molecule has 1 aromatic rings. The smallest absolute Gasteiger partial charge is 0.419 e. The van der Waals surface area contributed by atoms with Crippen LogP contribution in [-0.4, -0.2) is 86.9 Å². The van der Waals surface area contributed by atoms with Crippen molar-refractivity contribution in [3.63, 3.8) is 0 Å². The minimum Gasteiger partial charge on any atom is -0.508 e. The first-order chi connectivity index (χ1) is 18.8. The van der Waals surface area contributed by atoms with E-state index in [1.54, 1.807) is 53.4 Å². The first-order valence-corrected chi connectivity index (χ1v) is 15.5. The van der Waals surface area contributed by atoms with Crippen LogP contribution in [0.3, 0.4) is 0 Å². The Morgan fingerprint density at radius 2 is 1.66 bits per heavy atom. The zero-order valence-corrected chi connectivity index (χ0v) is 26.0. The SMILES string of the molecule is CCOP1(=O)CCN(Cc2ccc(O)cc2F)CC1(CCCCN(C(=O)OC(C)(C)C)C(=O)OC(C)(C)C)C(=O)O. The number of ether oxygens (including phenoxy) is 2. The summed E-state index contributed by atoms with van der Waals surface area (Å²) in [6, 6.07) is 3.75. The zero-order chi connectivity index (χ0) is 31.2. The second-order valence-electron chi connectivity index (χ2n) is 12.2. The lowest BCUT2D eigenvalue weighted by atomic mass is 9.99. The summed E-state index contributed by atoms with van der Waals surface area (Å²) in [6.07, 6.45) is -1.50. The molecule has 0 saturated carbocycles. The van der Waals surface area contributed by atoms with Gasteiger partial charge in [0.25, 0.3) is 0 Å². The molecule has 1 aliphatic heterocycles. The zero-order valence-electron chi connectivity index (χ0n) is 25.1. The predicted molar refractivity (Wildman–Crippen MR) is 151 cm³/mol. The monoisotopic (exact) mass is 602 g/mol. The van der Waals surface area contributed by atoms with Crippen LogP contribution in [0.5, 0.6) is 5.75 Å². The lowest BCUT2D eigenvalue weighted by Gasteiger charge is -2.45. The molecule has 1 fully saturated rings. The summed E-state index contributed by atoms with van der Waals surface area (Å²) in [5, 5.41) is 18.2. The number of nitrogens with zero attached hydrogens (tertiary/aromatic N) is 2. The number of benzene rings is 1. The van der Waals surface area contributed by atoms with Crippen molar-refractivity contribution in [1.29, 1.82) is 0 Å². The highest BCUT2D eigenvalue weighted by Crippen LogP contribution is 2.63. The molecule has 0 aliphatic carbocycles. The van der Waals surface area contributed by atoms with Gasteiger partial charge in [0.1, 0.15) is 22.8 Å². The third-order valence-corrected chi connectivity index (χ3v) is 9.79. The minimum atomic E-state index is -3.70. The van der Waals surface area contributed by atoms with E-state index < -0.39 is 47.7 Å². The van der Waals surface area contributed by atoms with Gasteiger partial charge in [-0.15, -0.1) is 0 Å². The third kappa shape index (κ3) is 9.41. The quantitative estimate of drug-likeness (QED) is 0.248. The van der Waals surface area contributed by atoms with E-state index in [1.165, 1.54) is 12.1 Å². The largest absolute Gasteiger partial charge is 0.508 e. The molecule has 2 atom stereocenters. The maximum absolute atomic E-state index is 14.4. The summed E-state index contributed by atoms with van der Waals surface area (Å²) >= 11 is 0. The van der Waals surface area contributed by atoms with Crippen molar-refractivity contribution < 1.29 is 47.5 Å². The van der Waals surface area contributed by atoms with E-state index in [-0.39, 0.29) is 69.5 Å². The fourth-order valence-electron chi connectivity index (χ4n) is 4.63. The van der Waals surface area contributed by atoms with Gasteiger partial charge in [-0.1, -0.05) is 6.07 Å². The van der Waals surface area contributed by atoms with Gasteiger partial charge >= 0.3 is 18.2 Å². The number of rotatable bonds is 10. The number of amides is 2. The molecular weight excluding hydrogens is 558 g/mol. The van der Waals surface area contributed by atoms with Crippen molar-refractivity contribution in [2.75, 3.05) is 32.4 Å². The number of carbonyl (C=O) groups excluding carboxylic acids is 2. The number of carbonyl (C=O) groups is 3. The normalized spacial score (nSPS) is 21.8. The van der Waals surface area contributed by atoms with Crippen LogP contribution in [-0.2, 0) is 29.9 Å². The molecular formula is C28H44FN2O9P. The number of carboxylic acids is 1. The van der Waals surface area contributed by atoms with E-state index in [0.29, 0.717) is 0 Å². The predicted octanol–water partition coefficient (Wildman–Crippen LogP) is 5.83. The molecule has 232 valence electrons. The summed E-state index contributed by atoms with van der Waals surface area (Å²) < 4.78 is 44.8. The molecule has 0 bridgehead atoms. The Labute approximate surface area is 241 Å². The molecule has 1 saturated heterocycles. The Bertz CT molecular complexity index is 1120. The maximum atomic E-state index is 14.4. The van der Waals surface area contributed by atoms with Gasteiger partial charge < -0.3 is 24.2 Å². The van der Waals surface area contributed by atoms with E-state index in [1.807, 2.05) is 0 Å². The van der Waals surface area contributed by atoms with E-state index >= 15 is 0 Å². The number of aliphatic carboxylic acids is 1. The fourth-order valence-corrected chi connectivity index (χ4v) is 7.60. The second kappa shape index (κ2) is 13.5. The average molecular weight is 603 g/mol. The molecule has 2 unspecified atom stereocenters. The van der Waals surface area contributed by atoms with Crippen LogP contribution >= 0.6 is 7.37 Å². The van der Waals surface area contributed by atoms with Gasteiger partial charge in [-0.3, -0.25) is 14.3 Å². The second-order valence-corrected chi connectivity index (χ2v) is 15.1. The number of phenols is 1. The molecule has 0 aromatic heterocycles. The number of phenolic OH excluding ortho intramolecular Hbond substituents is 1. The van der Waals surface area contributed by atoms with Crippen LogP contribution in [0.25, 0.3) is 0 Å². The van der Waals surface area contributed by atoms with Gasteiger partial charge in [0.05, 0.1) is 6.61 Å². The Morgan fingerprint density at radius 3 is 2.15 bits per heavy atom. The highest BCUT2D eigenvalue weighted by atomic mass is 31.2. The molecule has 41 heavy (non-hydrogen) atoms. The van der Waals surface area contributed by atoms with Gasteiger partial charge in [-0.2, -0.15) is 0 Å². The number of aromatic hydroxyl groups is 1. The van der Waals surface area contributed by atoms with Crippen LogP contribution in [0.4, 0.5) is 14.0 Å². The summed E-state index contributed by atoms with van der Waals surface area (Å²) in [5.41, 5.74) is -1.46. The van der Waals surface area contributed by atoms with Crippen LogP contribution in [0.15, 0.2) is 18.2 Å². The van der Waals surface area contributed by atoms with Crippen molar-refractivity contribution in [3.8, 4) is 5.75 Å². The number of hydrogen-bond acceptors (Lipinski definition) is 9. The molecule has 2 amide bonds. The summed E-state index contributed by atoms with van der Waals surface area (Å²) in [7, 11) is -3.70. The van der Waals surface area contributed by atoms with Crippen molar-refractivity contribution >= 4 is 25.5 Å². The van der Waals surface area contributed by atoms with Gasteiger partial charge in [0, 0.05) is 44.0 Å². The molecule has 1 heterocycles. The van der Waals surface area contributed by atoms with Crippen molar-refractivity contribution in [3.05, 3.63) is 29.6 Å². The number of carboxylic acid groups (broad SMARTS) is 1. The number of hydrogen-bond donors (Lipinski definition) is 2. The number of imide groups is 1. The van der Waals surface area contributed by atoms with E-state index in [2.05, 4.69) is 0 Å². The van der Waals surface area contributed by atoms with Gasteiger partial charge in [-0.05, 0) is 73.8 Å². The minimum absolute atomic E-state index is 0.0330. The summed E-state index contributed by atoms with van der Waals surface area (Å²) in [5.74, 6) is -2.15.